The highest BCUT2D eigenvalue weighted by Gasteiger charge is 2.20. The Morgan fingerprint density at radius 1 is 0.837 bits per heavy atom. The van der Waals surface area contributed by atoms with Gasteiger partial charge >= 0.3 is 5.97 Å². The summed E-state index contributed by atoms with van der Waals surface area (Å²) >= 11 is 6.16. The summed E-state index contributed by atoms with van der Waals surface area (Å²) in [5.41, 5.74) is 11.1. The lowest BCUT2D eigenvalue weighted by Crippen LogP contribution is -2.38. The summed E-state index contributed by atoms with van der Waals surface area (Å²) in [7, 11) is 1.40. The molecule has 0 saturated heterocycles. The summed E-state index contributed by atoms with van der Waals surface area (Å²) in [5, 5.41) is 10.4. The molecule has 0 spiro atoms. The van der Waals surface area contributed by atoms with Crippen molar-refractivity contribution in [2.45, 2.75) is 33.0 Å². The quantitative estimate of drug-likeness (QED) is 0.102. The van der Waals surface area contributed by atoms with E-state index in [0.29, 0.717) is 17.1 Å². The SMILES string of the molecule is Cc1ccc(Cl)cc1C(=N[C@@H](C)C(=O)ON(C)NC=O)c1ccccc1.c1ccc2c3c(ccc2c1)CNCc1ccc2ccccc2c1-3. The molecule has 246 valence electrons. The predicted molar refractivity (Wildman–Crippen MR) is 198 cm³/mol. The molecule has 6 aromatic rings. The molecule has 1 atom stereocenters. The maximum absolute atomic E-state index is 12.2. The second-order valence-electron chi connectivity index (χ2n) is 11.9. The van der Waals surface area contributed by atoms with E-state index in [0.717, 1.165) is 35.0 Å². The third-order valence-corrected chi connectivity index (χ3v) is 8.77. The van der Waals surface area contributed by atoms with Gasteiger partial charge in [0.2, 0.25) is 6.41 Å². The largest absolute Gasteiger partial charge is 0.351 e. The molecule has 1 amide bonds. The van der Waals surface area contributed by atoms with Gasteiger partial charge in [0.15, 0.2) is 0 Å². The molecular weight excluding hydrogens is 632 g/mol. The molecule has 1 heterocycles. The number of carbonyl (C=O) groups excluding carboxylic acids is 2. The molecule has 0 aromatic heterocycles. The van der Waals surface area contributed by atoms with E-state index in [1.165, 1.54) is 50.8 Å². The van der Waals surface area contributed by atoms with Gasteiger partial charge in [0.1, 0.15) is 6.04 Å². The van der Waals surface area contributed by atoms with Crippen LogP contribution < -0.4 is 10.7 Å². The minimum Gasteiger partial charge on any atom is -0.346 e. The molecule has 0 fully saturated rings. The minimum absolute atomic E-state index is 0.409. The van der Waals surface area contributed by atoms with Gasteiger partial charge in [0, 0.05) is 36.3 Å². The predicted octanol–water partition coefficient (Wildman–Crippen LogP) is 8.19. The number of aliphatic imine (C=N–C) groups is 1. The summed E-state index contributed by atoms with van der Waals surface area (Å²) in [6.07, 6.45) is 0.409. The van der Waals surface area contributed by atoms with Gasteiger partial charge in [-0.25, -0.2) is 4.79 Å². The van der Waals surface area contributed by atoms with Crippen LogP contribution in [0.2, 0.25) is 5.02 Å². The molecule has 1 aliphatic heterocycles. The lowest BCUT2D eigenvalue weighted by molar-refractivity contribution is -0.197. The molecule has 6 aromatic carbocycles. The van der Waals surface area contributed by atoms with Gasteiger partial charge in [-0.15, -0.1) is 0 Å². The number of hydroxylamine groups is 1. The summed E-state index contributed by atoms with van der Waals surface area (Å²) < 4.78 is 0. The molecule has 0 radical (unpaired) electrons. The van der Waals surface area contributed by atoms with Crippen LogP contribution in [-0.4, -0.2) is 36.4 Å². The summed E-state index contributed by atoms with van der Waals surface area (Å²) in [6.45, 7) is 5.42. The smallest absolute Gasteiger partial charge is 0.346 e. The Bertz CT molecular complexity index is 2080. The number of benzene rings is 6. The van der Waals surface area contributed by atoms with Crippen molar-refractivity contribution in [2.75, 3.05) is 7.05 Å². The van der Waals surface area contributed by atoms with Crippen LogP contribution in [0.15, 0.2) is 126 Å². The molecule has 0 saturated carbocycles. The third-order valence-electron chi connectivity index (χ3n) is 8.54. The topological polar surface area (TPSA) is 83.0 Å². The molecule has 7 nitrogen and oxygen atoms in total. The molecule has 7 rings (SSSR count). The maximum atomic E-state index is 12.2. The second kappa shape index (κ2) is 15.3. The van der Waals surface area contributed by atoms with Crippen LogP contribution in [0.5, 0.6) is 0 Å². The molecule has 0 bridgehead atoms. The summed E-state index contributed by atoms with van der Waals surface area (Å²) in [4.78, 5) is 32.2. The fraction of sp³-hybridized carbons (Fsp3) is 0.146. The number of rotatable bonds is 7. The van der Waals surface area contributed by atoms with Crippen molar-refractivity contribution in [3.63, 3.8) is 0 Å². The Hall–Kier alpha value is -5.34. The Labute approximate surface area is 291 Å². The van der Waals surface area contributed by atoms with E-state index in [2.05, 4.69) is 88.5 Å². The number of nitrogens with zero attached hydrogens (tertiary/aromatic N) is 2. The second-order valence-corrected chi connectivity index (χ2v) is 12.3. The number of amides is 1. The van der Waals surface area contributed by atoms with Gasteiger partial charge in [-0.3, -0.25) is 15.2 Å². The van der Waals surface area contributed by atoms with E-state index in [9.17, 15) is 9.59 Å². The number of nitrogens with one attached hydrogen (secondary N) is 2. The number of carbonyl (C=O) groups is 2. The molecule has 1 aliphatic rings. The number of fused-ring (bicyclic) bond motifs is 7. The van der Waals surface area contributed by atoms with Crippen LogP contribution in [0.25, 0.3) is 32.7 Å². The Morgan fingerprint density at radius 2 is 1.41 bits per heavy atom. The number of hydrogen-bond donors (Lipinski definition) is 2. The van der Waals surface area contributed by atoms with E-state index in [4.69, 9.17) is 16.4 Å². The van der Waals surface area contributed by atoms with Crippen molar-refractivity contribution in [3.8, 4) is 11.1 Å². The third kappa shape index (κ3) is 7.55. The summed E-state index contributed by atoms with van der Waals surface area (Å²) in [5.74, 6) is -0.602. The molecule has 49 heavy (non-hydrogen) atoms. The molecule has 0 aliphatic carbocycles. The van der Waals surface area contributed by atoms with Crippen molar-refractivity contribution in [3.05, 3.63) is 154 Å². The highest BCUT2D eigenvalue weighted by Crippen LogP contribution is 2.40. The van der Waals surface area contributed by atoms with Crippen molar-refractivity contribution in [2.24, 2.45) is 4.99 Å². The number of halogens is 1. The lowest BCUT2D eigenvalue weighted by atomic mass is 9.88. The normalized spacial score (nSPS) is 13.0. The van der Waals surface area contributed by atoms with Crippen LogP contribution in [0.4, 0.5) is 0 Å². The fourth-order valence-electron chi connectivity index (χ4n) is 6.15. The first-order chi connectivity index (χ1) is 23.8. The van der Waals surface area contributed by atoms with E-state index in [-0.39, 0.29) is 0 Å². The Balaban J connectivity index is 0.000000171. The highest BCUT2D eigenvalue weighted by molar-refractivity contribution is 6.31. The fourth-order valence-corrected chi connectivity index (χ4v) is 6.33. The van der Waals surface area contributed by atoms with Gasteiger partial charge in [-0.1, -0.05) is 126 Å². The Kier molecular flexibility index (Phi) is 10.4. The van der Waals surface area contributed by atoms with E-state index >= 15 is 0 Å². The van der Waals surface area contributed by atoms with E-state index in [1.54, 1.807) is 13.0 Å². The summed E-state index contributed by atoms with van der Waals surface area (Å²) in [6, 6.07) is 40.8. The average Bonchev–Trinajstić information content (AvgIpc) is 3.32. The standard InChI is InChI=1S/C22H17N.C19H20ClN3O3/c1-3-7-19-15(5-1)9-11-17-13-23-14-18-12-10-16-6-2-4-8-20(16)22(18)21(17)19;1-13-9-10-16(20)11-17(13)18(15-7-5-4-6-8-15)22-14(2)19(25)26-23(3)21-12-24/h1-12,23H,13-14H2;4-12,14H,1-3H3,(H,21,24)/t;14-/m.0/s1. The highest BCUT2D eigenvalue weighted by atomic mass is 35.5. The average molecular weight is 669 g/mol. The maximum Gasteiger partial charge on any atom is 0.351 e. The van der Waals surface area contributed by atoms with Crippen LogP contribution in [0.1, 0.15) is 34.7 Å². The number of hydrogen-bond acceptors (Lipinski definition) is 6. The van der Waals surface area contributed by atoms with Gasteiger partial charge < -0.3 is 10.2 Å². The monoisotopic (exact) mass is 668 g/mol. The first-order valence-electron chi connectivity index (χ1n) is 16.1. The van der Waals surface area contributed by atoms with Crippen LogP contribution in [0.3, 0.4) is 0 Å². The van der Waals surface area contributed by atoms with Crippen molar-refractivity contribution in [1.82, 2.24) is 15.9 Å². The number of aryl methyl sites for hydroxylation is 1. The zero-order chi connectivity index (χ0) is 34.3. The zero-order valence-electron chi connectivity index (χ0n) is 27.6. The van der Waals surface area contributed by atoms with Crippen LogP contribution in [0, 0.1) is 6.92 Å². The van der Waals surface area contributed by atoms with E-state index in [1.807, 2.05) is 49.4 Å². The van der Waals surface area contributed by atoms with E-state index < -0.39 is 12.0 Å². The number of hydrazine groups is 1. The molecule has 0 unspecified atom stereocenters. The first-order valence-corrected chi connectivity index (χ1v) is 16.5. The van der Waals surface area contributed by atoms with Gasteiger partial charge in [0.05, 0.1) is 5.71 Å². The first kappa shape index (κ1) is 33.6. The van der Waals surface area contributed by atoms with Crippen molar-refractivity contribution >= 4 is 51.2 Å². The zero-order valence-corrected chi connectivity index (χ0v) is 28.4. The lowest BCUT2D eigenvalue weighted by Gasteiger charge is -2.17. The van der Waals surface area contributed by atoms with Gasteiger partial charge in [0.25, 0.3) is 0 Å². The van der Waals surface area contributed by atoms with Crippen LogP contribution >= 0.6 is 11.6 Å². The minimum atomic E-state index is -0.792. The van der Waals surface area contributed by atoms with Crippen molar-refractivity contribution in [1.29, 1.82) is 0 Å². The van der Waals surface area contributed by atoms with Gasteiger partial charge in [-0.2, -0.15) is 0 Å². The van der Waals surface area contributed by atoms with Crippen molar-refractivity contribution < 1.29 is 14.4 Å². The van der Waals surface area contributed by atoms with Gasteiger partial charge in [-0.05, 0) is 75.3 Å². The van der Waals surface area contributed by atoms with Crippen LogP contribution in [-0.2, 0) is 27.5 Å². The molecule has 2 N–H and O–H groups in total. The molecular formula is C41H37ClN4O3. The Morgan fingerprint density at radius 3 is 2.00 bits per heavy atom. The molecule has 8 heteroatoms.